The average Bonchev–Trinajstić information content (AvgIpc) is 2.92. The molecule has 2 rings (SSSR count). The number of thioether (sulfide) groups is 1. The van der Waals surface area contributed by atoms with Crippen molar-refractivity contribution in [2.75, 3.05) is 7.11 Å². The first kappa shape index (κ1) is 18.4. The summed E-state index contributed by atoms with van der Waals surface area (Å²) in [5, 5.41) is 18.5. The number of hydrogen-bond donors (Lipinski definition) is 2. The molecule has 0 saturated carbocycles. The molecule has 1 fully saturated rings. The number of ether oxygens (including phenoxy) is 1. The lowest BCUT2D eigenvalue weighted by molar-refractivity contribution is -0.138. The molecule has 1 saturated heterocycles. The summed E-state index contributed by atoms with van der Waals surface area (Å²) in [7, 11) is 1.31. The van der Waals surface area contributed by atoms with Crippen LogP contribution >= 0.6 is 11.8 Å². The number of methoxy groups -OCH3 is 1. The molecule has 1 aromatic carbocycles. The van der Waals surface area contributed by atoms with Gasteiger partial charge in [0, 0.05) is 6.08 Å². The summed E-state index contributed by atoms with van der Waals surface area (Å²) in [6.07, 6.45) is 4.18. The predicted octanol–water partition coefficient (Wildman–Crippen LogP) is 1.27. The van der Waals surface area contributed by atoms with Crippen LogP contribution in [-0.4, -0.2) is 46.7 Å². The summed E-state index contributed by atoms with van der Waals surface area (Å²) in [5.74, 6) is -1.86. The highest BCUT2D eigenvalue weighted by Crippen LogP contribution is 2.22. The van der Waals surface area contributed by atoms with Gasteiger partial charge in [-0.3, -0.25) is 9.59 Å². The molecule has 1 aliphatic rings. The Morgan fingerprint density at radius 1 is 1.32 bits per heavy atom. The number of rotatable bonds is 6. The lowest BCUT2D eigenvalue weighted by Gasteiger charge is -1.97. The van der Waals surface area contributed by atoms with Crippen molar-refractivity contribution in [3.05, 3.63) is 41.5 Å². The second kappa shape index (κ2) is 8.78. The third-order valence-corrected chi connectivity index (χ3v) is 4.11. The molecule has 0 aliphatic carbocycles. The molecule has 1 aromatic rings. The number of amidine groups is 1. The highest BCUT2D eigenvalue weighted by Gasteiger charge is 2.32. The maximum atomic E-state index is 11.6. The van der Waals surface area contributed by atoms with Gasteiger partial charge in [-0.25, -0.2) is 4.79 Å². The van der Waals surface area contributed by atoms with E-state index in [1.54, 1.807) is 30.3 Å². The third-order valence-electron chi connectivity index (χ3n) is 3.04. The van der Waals surface area contributed by atoms with Crippen LogP contribution in [-0.2, 0) is 19.1 Å². The van der Waals surface area contributed by atoms with Gasteiger partial charge in [0.25, 0.3) is 0 Å². The minimum absolute atomic E-state index is 0.264. The molecule has 0 bridgehead atoms. The zero-order chi connectivity index (χ0) is 18.2. The second-order valence-corrected chi connectivity index (χ2v) is 6.06. The van der Waals surface area contributed by atoms with Gasteiger partial charge in [-0.15, -0.1) is 5.10 Å². The minimum Gasteiger partial charge on any atom is -0.481 e. The fourth-order valence-corrected chi connectivity index (χ4v) is 2.73. The number of carboxylic acid groups (broad SMARTS) is 1. The summed E-state index contributed by atoms with van der Waals surface area (Å²) >= 11 is 1.04. The van der Waals surface area contributed by atoms with Gasteiger partial charge in [-0.1, -0.05) is 36.0 Å². The smallest absolute Gasteiger partial charge is 0.330 e. The number of nitrogens with one attached hydrogen (secondary N) is 1. The van der Waals surface area contributed by atoms with Gasteiger partial charge in [0.05, 0.1) is 19.7 Å². The van der Waals surface area contributed by atoms with Gasteiger partial charge in [0.1, 0.15) is 5.25 Å². The van der Waals surface area contributed by atoms with E-state index < -0.39 is 17.2 Å². The van der Waals surface area contributed by atoms with Crippen molar-refractivity contribution in [2.45, 2.75) is 11.7 Å². The highest BCUT2D eigenvalue weighted by atomic mass is 32.2. The molecule has 1 aliphatic heterocycles. The SMILES string of the molecule is COC(=O)C=Cc1ccc(C=NN=C2NC(=O)C(CC(=O)O)S2)cc1. The zero-order valence-corrected chi connectivity index (χ0v) is 14.0. The van der Waals surface area contributed by atoms with Crippen LogP contribution in [0.4, 0.5) is 0 Å². The van der Waals surface area contributed by atoms with Gasteiger partial charge in [0.2, 0.25) is 5.91 Å². The number of carbonyl (C=O) groups is 3. The number of aliphatic carboxylic acids is 1. The lowest BCUT2D eigenvalue weighted by Crippen LogP contribution is -2.26. The average molecular weight is 361 g/mol. The largest absolute Gasteiger partial charge is 0.481 e. The van der Waals surface area contributed by atoms with E-state index >= 15 is 0 Å². The van der Waals surface area contributed by atoms with Crippen molar-refractivity contribution in [2.24, 2.45) is 10.2 Å². The maximum Gasteiger partial charge on any atom is 0.330 e. The molecule has 25 heavy (non-hydrogen) atoms. The van der Waals surface area contributed by atoms with Crippen LogP contribution in [0.25, 0.3) is 6.08 Å². The van der Waals surface area contributed by atoms with Crippen LogP contribution in [0.3, 0.4) is 0 Å². The highest BCUT2D eigenvalue weighted by molar-refractivity contribution is 8.15. The van der Waals surface area contributed by atoms with E-state index in [4.69, 9.17) is 5.11 Å². The predicted molar refractivity (Wildman–Crippen MR) is 94.3 cm³/mol. The number of esters is 1. The van der Waals surface area contributed by atoms with Crippen LogP contribution < -0.4 is 5.32 Å². The summed E-state index contributed by atoms with van der Waals surface area (Å²) in [6, 6.07) is 7.16. The van der Waals surface area contributed by atoms with Crippen LogP contribution in [0.2, 0.25) is 0 Å². The van der Waals surface area contributed by atoms with Crippen LogP contribution in [0.5, 0.6) is 0 Å². The van der Waals surface area contributed by atoms with Crippen molar-refractivity contribution < 1.29 is 24.2 Å². The molecule has 0 radical (unpaired) electrons. The van der Waals surface area contributed by atoms with E-state index in [-0.39, 0.29) is 17.5 Å². The Hall–Kier alpha value is -2.94. The van der Waals surface area contributed by atoms with Gasteiger partial charge < -0.3 is 15.2 Å². The van der Waals surface area contributed by atoms with E-state index in [0.717, 1.165) is 22.9 Å². The van der Waals surface area contributed by atoms with Crippen molar-refractivity contribution in [3.8, 4) is 0 Å². The summed E-state index contributed by atoms with van der Waals surface area (Å²) in [6.45, 7) is 0. The number of benzene rings is 1. The molecule has 1 atom stereocenters. The first-order valence-electron chi connectivity index (χ1n) is 7.14. The first-order valence-corrected chi connectivity index (χ1v) is 8.02. The zero-order valence-electron chi connectivity index (χ0n) is 13.2. The number of amides is 1. The van der Waals surface area contributed by atoms with E-state index in [0.29, 0.717) is 0 Å². The molecule has 0 spiro atoms. The number of carboxylic acids is 1. The molecule has 9 heteroatoms. The topological polar surface area (TPSA) is 117 Å². The molecule has 1 unspecified atom stereocenters. The van der Waals surface area contributed by atoms with Crippen molar-refractivity contribution in [1.29, 1.82) is 0 Å². The molecule has 1 heterocycles. The molecular formula is C16H15N3O5S. The first-order chi connectivity index (χ1) is 12.0. The Morgan fingerprint density at radius 2 is 2.00 bits per heavy atom. The van der Waals surface area contributed by atoms with Crippen molar-refractivity contribution in [3.63, 3.8) is 0 Å². The lowest BCUT2D eigenvalue weighted by atomic mass is 10.1. The molecule has 2 N–H and O–H groups in total. The molecule has 130 valence electrons. The Labute approximate surface area is 147 Å². The quantitative estimate of drug-likeness (QED) is 0.341. The van der Waals surface area contributed by atoms with Crippen LogP contribution in [0, 0.1) is 0 Å². The summed E-state index contributed by atoms with van der Waals surface area (Å²) in [4.78, 5) is 33.2. The monoisotopic (exact) mass is 361 g/mol. The standard InChI is InChI=1S/C16H15N3O5S/c1-24-14(22)7-6-10-2-4-11(5-3-10)9-17-19-16-18-15(23)12(25-16)8-13(20)21/h2-7,9,12H,8H2,1H3,(H,20,21)(H,18,19,23). The normalized spacial score (nSPS) is 18.8. The Balaban J connectivity index is 1.94. The summed E-state index contributed by atoms with van der Waals surface area (Å²) < 4.78 is 4.51. The minimum atomic E-state index is -1.04. The molecule has 1 amide bonds. The number of hydrogen-bond acceptors (Lipinski definition) is 7. The molecule has 0 aromatic heterocycles. The van der Waals surface area contributed by atoms with E-state index in [9.17, 15) is 14.4 Å². The van der Waals surface area contributed by atoms with E-state index in [2.05, 4.69) is 20.3 Å². The molecular weight excluding hydrogens is 346 g/mol. The Morgan fingerprint density at radius 3 is 2.64 bits per heavy atom. The van der Waals surface area contributed by atoms with E-state index in [1.807, 2.05) is 0 Å². The van der Waals surface area contributed by atoms with Gasteiger partial charge in [-0.2, -0.15) is 5.10 Å². The summed E-state index contributed by atoms with van der Waals surface area (Å²) in [5.41, 5.74) is 1.60. The van der Waals surface area contributed by atoms with Crippen LogP contribution in [0.15, 0.2) is 40.5 Å². The Bertz CT molecular complexity index is 756. The van der Waals surface area contributed by atoms with Gasteiger partial charge >= 0.3 is 11.9 Å². The second-order valence-electron chi connectivity index (χ2n) is 4.87. The maximum absolute atomic E-state index is 11.6. The Kier molecular flexibility index (Phi) is 6.47. The molecule has 8 nitrogen and oxygen atoms in total. The third kappa shape index (κ3) is 5.88. The number of carbonyl (C=O) groups excluding carboxylic acids is 2. The number of nitrogens with zero attached hydrogens (tertiary/aromatic N) is 2. The van der Waals surface area contributed by atoms with E-state index in [1.165, 1.54) is 19.4 Å². The van der Waals surface area contributed by atoms with Gasteiger partial charge in [0.15, 0.2) is 5.17 Å². The van der Waals surface area contributed by atoms with Crippen LogP contribution in [0.1, 0.15) is 17.5 Å². The van der Waals surface area contributed by atoms with Crippen molar-refractivity contribution in [1.82, 2.24) is 5.32 Å². The fourth-order valence-electron chi connectivity index (χ4n) is 1.82. The van der Waals surface area contributed by atoms with Gasteiger partial charge in [-0.05, 0) is 17.2 Å². The fraction of sp³-hybridized carbons (Fsp3) is 0.188. The van der Waals surface area contributed by atoms with Crippen molar-refractivity contribution >= 4 is 47.1 Å².